The van der Waals surface area contributed by atoms with Gasteiger partial charge in [-0.05, 0) is 56.7 Å². The molecule has 1 unspecified atom stereocenters. The largest absolute Gasteiger partial charge is 0.494 e. The molecule has 0 saturated heterocycles. The number of hydrogen-bond donors (Lipinski definition) is 1. The van der Waals surface area contributed by atoms with Gasteiger partial charge in [0.05, 0.1) is 40.1 Å². The van der Waals surface area contributed by atoms with E-state index in [4.69, 9.17) is 24.7 Å². The first kappa shape index (κ1) is 28.4. The van der Waals surface area contributed by atoms with E-state index >= 15 is 0 Å². The summed E-state index contributed by atoms with van der Waals surface area (Å²) in [5.41, 5.74) is 7.00. The van der Waals surface area contributed by atoms with Gasteiger partial charge in [-0.15, -0.1) is 0 Å². The molecule has 0 aromatic heterocycles. The predicted molar refractivity (Wildman–Crippen MR) is 126 cm³/mol. The number of esters is 1. The molecule has 0 aliphatic carbocycles. The standard InChI is InChI=1S/C25H43NO6/c1-22(26)23-11-10-12-24(21-23)32-16-9-4-3-7-14-29-17-19-31-20-18-30-15-8-5-6-13-25(27)28-2/h10-12,21-22H,3-9,13-20,26H2,1-2H3. The van der Waals surface area contributed by atoms with Crippen molar-refractivity contribution in [3.63, 3.8) is 0 Å². The van der Waals surface area contributed by atoms with Crippen LogP contribution in [-0.4, -0.2) is 59.3 Å². The van der Waals surface area contributed by atoms with Gasteiger partial charge in [0.25, 0.3) is 0 Å². The van der Waals surface area contributed by atoms with Crippen molar-refractivity contribution in [3.8, 4) is 5.75 Å². The van der Waals surface area contributed by atoms with Gasteiger partial charge in [0.15, 0.2) is 0 Å². The Hall–Kier alpha value is -1.67. The predicted octanol–water partition coefficient (Wildman–Crippen LogP) is 4.43. The first-order valence-electron chi connectivity index (χ1n) is 11.9. The van der Waals surface area contributed by atoms with E-state index in [0.717, 1.165) is 69.5 Å². The number of nitrogens with two attached hydrogens (primary N) is 1. The maximum Gasteiger partial charge on any atom is 0.305 e. The molecule has 7 heteroatoms. The highest BCUT2D eigenvalue weighted by atomic mass is 16.5. The van der Waals surface area contributed by atoms with Crippen molar-refractivity contribution in [3.05, 3.63) is 29.8 Å². The summed E-state index contributed by atoms with van der Waals surface area (Å²) in [6.45, 7) is 6.56. The SMILES string of the molecule is COC(=O)CCCCCOCCOCCOCCCCCCOc1cccc(C(C)N)c1. The molecule has 184 valence electrons. The van der Waals surface area contributed by atoms with E-state index in [2.05, 4.69) is 4.74 Å². The van der Waals surface area contributed by atoms with E-state index in [-0.39, 0.29) is 12.0 Å². The third kappa shape index (κ3) is 16.0. The second-order valence-electron chi connectivity index (χ2n) is 7.85. The lowest BCUT2D eigenvalue weighted by Crippen LogP contribution is -2.10. The number of benzene rings is 1. The van der Waals surface area contributed by atoms with E-state index in [9.17, 15) is 4.79 Å². The zero-order chi connectivity index (χ0) is 23.3. The van der Waals surface area contributed by atoms with Crippen LogP contribution in [0.2, 0.25) is 0 Å². The van der Waals surface area contributed by atoms with Gasteiger partial charge in [-0.2, -0.15) is 0 Å². The van der Waals surface area contributed by atoms with Crippen LogP contribution in [-0.2, 0) is 23.7 Å². The fourth-order valence-corrected chi connectivity index (χ4v) is 3.03. The highest BCUT2D eigenvalue weighted by molar-refractivity contribution is 5.68. The average molecular weight is 454 g/mol. The Balaban J connectivity index is 1.77. The van der Waals surface area contributed by atoms with Crippen molar-refractivity contribution in [2.45, 2.75) is 64.3 Å². The Morgan fingerprint density at radius 3 is 1.97 bits per heavy atom. The second-order valence-corrected chi connectivity index (χ2v) is 7.85. The quantitative estimate of drug-likeness (QED) is 0.218. The minimum atomic E-state index is -0.147. The van der Waals surface area contributed by atoms with Gasteiger partial charge in [-0.1, -0.05) is 25.0 Å². The lowest BCUT2D eigenvalue weighted by atomic mass is 10.1. The number of rotatable bonds is 21. The van der Waals surface area contributed by atoms with Crippen LogP contribution in [0, 0.1) is 0 Å². The molecule has 0 saturated carbocycles. The van der Waals surface area contributed by atoms with Crippen LogP contribution in [0.1, 0.15) is 69.9 Å². The Kier molecular flexibility index (Phi) is 17.7. The average Bonchev–Trinajstić information content (AvgIpc) is 2.80. The van der Waals surface area contributed by atoms with E-state index < -0.39 is 0 Å². The minimum Gasteiger partial charge on any atom is -0.494 e. The maximum atomic E-state index is 11.0. The lowest BCUT2D eigenvalue weighted by molar-refractivity contribution is -0.140. The Morgan fingerprint density at radius 1 is 0.812 bits per heavy atom. The summed E-state index contributed by atoms with van der Waals surface area (Å²) in [5, 5.41) is 0. The Bertz CT molecular complexity index is 581. The summed E-state index contributed by atoms with van der Waals surface area (Å²) in [7, 11) is 1.42. The third-order valence-corrected chi connectivity index (χ3v) is 4.98. The minimum absolute atomic E-state index is 0.0265. The number of carbonyl (C=O) groups is 1. The van der Waals surface area contributed by atoms with Crippen LogP contribution in [0.15, 0.2) is 24.3 Å². The topological polar surface area (TPSA) is 89.2 Å². The van der Waals surface area contributed by atoms with Crippen LogP contribution in [0.25, 0.3) is 0 Å². The molecular formula is C25H43NO6. The van der Waals surface area contributed by atoms with Gasteiger partial charge in [0, 0.05) is 25.7 Å². The van der Waals surface area contributed by atoms with Crippen molar-refractivity contribution < 1.29 is 28.5 Å². The third-order valence-electron chi connectivity index (χ3n) is 4.98. The zero-order valence-electron chi connectivity index (χ0n) is 20.0. The molecule has 1 aromatic rings. The number of ether oxygens (including phenoxy) is 5. The molecule has 0 amide bonds. The molecule has 2 N–H and O–H groups in total. The summed E-state index contributed by atoms with van der Waals surface area (Å²) in [6, 6.07) is 8.03. The molecule has 0 fully saturated rings. The van der Waals surface area contributed by atoms with E-state index in [0.29, 0.717) is 39.5 Å². The lowest BCUT2D eigenvalue weighted by Gasteiger charge is -2.10. The Morgan fingerprint density at radius 2 is 1.38 bits per heavy atom. The number of hydrogen-bond acceptors (Lipinski definition) is 7. The normalized spacial score (nSPS) is 12.0. The zero-order valence-corrected chi connectivity index (χ0v) is 20.0. The van der Waals surface area contributed by atoms with Gasteiger partial charge < -0.3 is 29.4 Å². The van der Waals surface area contributed by atoms with Gasteiger partial charge in [-0.25, -0.2) is 0 Å². The molecule has 7 nitrogen and oxygen atoms in total. The van der Waals surface area contributed by atoms with Crippen LogP contribution in [0.4, 0.5) is 0 Å². The molecule has 1 aromatic carbocycles. The molecule has 1 rings (SSSR count). The molecule has 0 radical (unpaired) electrons. The molecule has 1 atom stereocenters. The van der Waals surface area contributed by atoms with Crippen molar-refractivity contribution in [1.82, 2.24) is 0 Å². The van der Waals surface area contributed by atoms with Gasteiger partial charge in [0.2, 0.25) is 0 Å². The van der Waals surface area contributed by atoms with Crippen molar-refractivity contribution in [1.29, 1.82) is 0 Å². The highest BCUT2D eigenvalue weighted by Crippen LogP contribution is 2.18. The number of unbranched alkanes of at least 4 members (excludes halogenated alkanes) is 5. The van der Waals surface area contributed by atoms with Crippen molar-refractivity contribution in [2.24, 2.45) is 5.73 Å². The highest BCUT2D eigenvalue weighted by Gasteiger charge is 2.01. The van der Waals surface area contributed by atoms with Crippen LogP contribution < -0.4 is 10.5 Å². The summed E-state index contributed by atoms with van der Waals surface area (Å²) in [5.74, 6) is 0.746. The number of carbonyl (C=O) groups excluding carboxylic acids is 1. The van der Waals surface area contributed by atoms with Gasteiger partial charge in [0.1, 0.15) is 5.75 Å². The first-order valence-corrected chi connectivity index (χ1v) is 11.9. The summed E-state index contributed by atoms with van der Waals surface area (Å²) in [6.07, 6.45) is 7.62. The molecular weight excluding hydrogens is 410 g/mol. The van der Waals surface area contributed by atoms with Crippen LogP contribution in [0.5, 0.6) is 5.75 Å². The van der Waals surface area contributed by atoms with Crippen molar-refractivity contribution >= 4 is 5.97 Å². The fraction of sp³-hybridized carbons (Fsp3) is 0.720. The maximum absolute atomic E-state index is 11.0. The smallest absolute Gasteiger partial charge is 0.305 e. The monoisotopic (exact) mass is 453 g/mol. The summed E-state index contributed by atoms with van der Waals surface area (Å²) < 4.78 is 27.0. The van der Waals surface area contributed by atoms with Crippen LogP contribution in [0.3, 0.4) is 0 Å². The van der Waals surface area contributed by atoms with Gasteiger partial charge in [-0.3, -0.25) is 4.79 Å². The van der Waals surface area contributed by atoms with E-state index in [1.165, 1.54) is 7.11 Å². The van der Waals surface area contributed by atoms with Crippen molar-refractivity contribution in [2.75, 3.05) is 53.4 Å². The summed E-state index contributed by atoms with van der Waals surface area (Å²) in [4.78, 5) is 11.0. The Labute approximate surface area is 193 Å². The second kappa shape index (κ2) is 20.0. The fourth-order valence-electron chi connectivity index (χ4n) is 3.03. The summed E-state index contributed by atoms with van der Waals surface area (Å²) >= 11 is 0. The molecule has 0 bridgehead atoms. The molecule has 0 spiro atoms. The molecule has 0 aliphatic rings. The van der Waals surface area contributed by atoms with Gasteiger partial charge >= 0.3 is 5.97 Å². The van der Waals surface area contributed by atoms with Crippen LogP contribution >= 0.6 is 0 Å². The van der Waals surface area contributed by atoms with E-state index in [1.807, 2.05) is 31.2 Å². The molecule has 0 heterocycles. The first-order chi connectivity index (χ1) is 15.6. The molecule has 32 heavy (non-hydrogen) atoms. The van der Waals surface area contributed by atoms with E-state index in [1.54, 1.807) is 0 Å². The number of methoxy groups -OCH3 is 1. The molecule has 0 aliphatic heterocycles.